The third kappa shape index (κ3) is 5.62. The van der Waals surface area contributed by atoms with Gasteiger partial charge in [0.15, 0.2) is 5.96 Å². The predicted molar refractivity (Wildman–Crippen MR) is 97.8 cm³/mol. The highest BCUT2D eigenvalue weighted by molar-refractivity contribution is 14.0. The molecule has 116 valence electrons. The topological polar surface area (TPSA) is 27.6 Å². The molecule has 0 radical (unpaired) electrons. The molecule has 0 saturated heterocycles. The summed E-state index contributed by atoms with van der Waals surface area (Å²) in [6, 6.07) is 0. The predicted octanol–water partition coefficient (Wildman–Crippen LogP) is 3.51. The molecule has 0 atom stereocenters. The average Bonchev–Trinajstić information content (AvgIpc) is 3.28. The van der Waals surface area contributed by atoms with Crippen LogP contribution in [0.15, 0.2) is 17.6 Å². The van der Waals surface area contributed by atoms with Crippen molar-refractivity contribution in [3.05, 3.63) is 12.7 Å². The molecule has 0 bridgehead atoms. The van der Waals surface area contributed by atoms with Crippen LogP contribution in [0, 0.1) is 17.8 Å². The first-order valence-corrected chi connectivity index (χ1v) is 7.79. The average molecular weight is 391 g/mol. The number of hydrogen-bond acceptors (Lipinski definition) is 1. The van der Waals surface area contributed by atoms with Crippen molar-refractivity contribution in [3.8, 4) is 0 Å². The third-order valence-electron chi connectivity index (χ3n) is 4.43. The summed E-state index contributed by atoms with van der Waals surface area (Å²) in [5.41, 5.74) is 0. The van der Waals surface area contributed by atoms with Crippen LogP contribution in [0.25, 0.3) is 0 Å². The van der Waals surface area contributed by atoms with Gasteiger partial charge in [0.05, 0.1) is 0 Å². The largest absolute Gasteiger partial charge is 0.356 e. The molecular formula is C16H30IN3. The molecule has 2 rings (SSSR count). The van der Waals surface area contributed by atoms with Crippen molar-refractivity contribution in [3.63, 3.8) is 0 Å². The number of guanidine groups is 1. The Balaban J connectivity index is 0.00000200. The fourth-order valence-electron chi connectivity index (χ4n) is 2.94. The summed E-state index contributed by atoms with van der Waals surface area (Å²) in [7, 11) is 4.01. The third-order valence-corrected chi connectivity index (χ3v) is 4.43. The van der Waals surface area contributed by atoms with Gasteiger partial charge >= 0.3 is 0 Å². The maximum atomic E-state index is 4.40. The number of hydrogen-bond donors (Lipinski definition) is 1. The summed E-state index contributed by atoms with van der Waals surface area (Å²) >= 11 is 0. The SMILES string of the molecule is C=CCCCN(C)C(=NC)NCC(C1CC1)C1CC1.I. The molecule has 3 nitrogen and oxygen atoms in total. The second-order valence-electron chi connectivity index (χ2n) is 6.12. The van der Waals surface area contributed by atoms with E-state index in [1.807, 2.05) is 13.1 Å². The molecule has 2 saturated carbocycles. The molecule has 2 fully saturated rings. The highest BCUT2D eigenvalue weighted by Gasteiger charge is 2.41. The van der Waals surface area contributed by atoms with Gasteiger partial charge in [-0.1, -0.05) is 6.08 Å². The van der Waals surface area contributed by atoms with Gasteiger partial charge in [-0.05, 0) is 56.3 Å². The zero-order valence-electron chi connectivity index (χ0n) is 13.0. The van der Waals surface area contributed by atoms with Crippen molar-refractivity contribution >= 4 is 29.9 Å². The van der Waals surface area contributed by atoms with Gasteiger partial charge in [-0.25, -0.2) is 0 Å². The van der Waals surface area contributed by atoms with Gasteiger partial charge < -0.3 is 10.2 Å². The fraction of sp³-hybridized carbons (Fsp3) is 0.812. The van der Waals surface area contributed by atoms with Crippen LogP contribution in [0.4, 0.5) is 0 Å². The molecule has 1 N–H and O–H groups in total. The molecule has 20 heavy (non-hydrogen) atoms. The van der Waals surface area contributed by atoms with Gasteiger partial charge in [-0.15, -0.1) is 30.6 Å². The highest BCUT2D eigenvalue weighted by Crippen LogP contribution is 2.48. The molecule has 2 aliphatic carbocycles. The maximum Gasteiger partial charge on any atom is 0.193 e. The Morgan fingerprint density at radius 2 is 1.95 bits per heavy atom. The number of aliphatic imine (C=N–C) groups is 1. The summed E-state index contributed by atoms with van der Waals surface area (Å²) in [5, 5.41) is 3.59. The molecular weight excluding hydrogens is 361 g/mol. The first kappa shape index (κ1) is 17.8. The maximum absolute atomic E-state index is 4.40. The van der Waals surface area contributed by atoms with E-state index < -0.39 is 0 Å². The fourth-order valence-corrected chi connectivity index (χ4v) is 2.94. The van der Waals surface area contributed by atoms with E-state index in [0.29, 0.717) is 0 Å². The Labute approximate surface area is 141 Å². The lowest BCUT2D eigenvalue weighted by Gasteiger charge is -2.24. The van der Waals surface area contributed by atoms with E-state index in [4.69, 9.17) is 0 Å². The minimum atomic E-state index is 0. The Bertz CT molecular complexity index is 310. The molecule has 0 aromatic carbocycles. The summed E-state index contributed by atoms with van der Waals surface area (Å²) in [6.45, 7) is 5.93. The zero-order chi connectivity index (χ0) is 13.7. The summed E-state index contributed by atoms with van der Waals surface area (Å²) in [6.07, 6.45) is 10.0. The van der Waals surface area contributed by atoms with E-state index >= 15 is 0 Å². The molecule has 0 spiro atoms. The molecule has 0 aliphatic heterocycles. The van der Waals surface area contributed by atoms with Crippen LogP contribution >= 0.6 is 24.0 Å². The van der Waals surface area contributed by atoms with Crippen molar-refractivity contribution in [2.75, 3.05) is 27.2 Å². The van der Waals surface area contributed by atoms with Crippen LogP contribution in [-0.2, 0) is 0 Å². The van der Waals surface area contributed by atoms with Gasteiger partial charge in [0.25, 0.3) is 0 Å². The Hall–Kier alpha value is -0.260. The summed E-state index contributed by atoms with van der Waals surface area (Å²) in [4.78, 5) is 6.64. The Morgan fingerprint density at radius 1 is 1.35 bits per heavy atom. The quantitative estimate of drug-likeness (QED) is 0.225. The van der Waals surface area contributed by atoms with Crippen molar-refractivity contribution < 1.29 is 0 Å². The van der Waals surface area contributed by atoms with E-state index in [9.17, 15) is 0 Å². The molecule has 0 heterocycles. The lowest BCUT2D eigenvalue weighted by atomic mass is 9.98. The summed E-state index contributed by atoms with van der Waals surface area (Å²) in [5.74, 6) is 3.96. The standard InChI is InChI=1S/C16H29N3.HI/c1-4-5-6-11-19(3)16(17-2)18-12-15(13-7-8-13)14-9-10-14;/h4,13-15H,1,5-12H2,2-3H3,(H,17,18);1H. The normalized spacial score (nSPS) is 18.6. The van der Waals surface area contributed by atoms with Crippen LogP contribution in [-0.4, -0.2) is 38.0 Å². The molecule has 0 aromatic heterocycles. The molecule has 2 aliphatic rings. The van der Waals surface area contributed by atoms with Crippen LogP contribution < -0.4 is 5.32 Å². The smallest absolute Gasteiger partial charge is 0.193 e. The number of nitrogens with one attached hydrogen (secondary N) is 1. The molecule has 0 unspecified atom stereocenters. The van der Waals surface area contributed by atoms with E-state index in [-0.39, 0.29) is 24.0 Å². The van der Waals surface area contributed by atoms with Gasteiger partial charge in [-0.3, -0.25) is 4.99 Å². The number of halogens is 1. The number of rotatable bonds is 8. The number of nitrogens with zero attached hydrogens (tertiary/aromatic N) is 2. The van der Waals surface area contributed by atoms with Gasteiger partial charge in [0.2, 0.25) is 0 Å². The van der Waals surface area contributed by atoms with Gasteiger partial charge in [0, 0.05) is 27.2 Å². The lowest BCUT2D eigenvalue weighted by molar-refractivity contribution is 0.387. The first-order valence-electron chi connectivity index (χ1n) is 7.79. The minimum Gasteiger partial charge on any atom is -0.356 e. The summed E-state index contributed by atoms with van der Waals surface area (Å²) < 4.78 is 0. The van der Waals surface area contributed by atoms with Crippen LogP contribution in [0.5, 0.6) is 0 Å². The van der Waals surface area contributed by atoms with Crippen molar-refractivity contribution in [1.82, 2.24) is 10.2 Å². The van der Waals surface area contributed by atoms with E-state index in [1.165, 1.54) is 25.7 Å². The van der Waals surface area contributed by atoms with E-state index in [0.717, 1.165) is 49.6 Å². The molecule has 0 aromatic rings. The van der Waals surface area contributed by atoms with Gasteiger partial charge in [0.1, 0.15) is 0 Å². The first-order chi connectivity index (χ1) is 9.26. The monoisotopic (exact) mass is 391 g/mol. The molecule has 4 heteroatoms. The number of allylic oxidation sites excluding steroid dienone is 1. The highest BCUT2D eigenvalue weighted by atomic mass is 127. The molecule has 0 amide bonds. The minimum absolute atomic E-state index is 0. The van der Waals surface area contributed by atoms with Crippen molar-refractivity contribution in [2.24, 2.45) is 22.7 Å². The van der Waals surface area contributed by atoms with E-state index in [1.54, 1.807) is 0 Å². The second kappa shape index (κ2) is 8.90. The van der Waals surface area contributed by atoms with Gasteiger partial charge in [-0.2, -0.15) is 0 Å². The number of unbranched alkanes of at least 4 members (excludes halogenated alkanes) is 1. The second-order valence-corrected chi connectivity index (χ2v) is 6.12. The lowest BCUT2D eigenvalue weighted by Crippen LogP contribution is -2.42. The van der Waals surface area contributed by atoms with Crippen molar-refractivity contribution in [1.29, 1.82) is 0 Å². The van der Waals surface area contributed by atoms with Crippen LogP contribution in [0.3, 0.4) is 0 Å². The van der Waals surface area contributed by atoms with Crippen molar-refractivity contribution in [2.45, 2.75) is 38.5 Å². The van der Waals surface area contributed by atoms with E-state index in [2.05, 4.69) is 28.8 Å². The Morgan fingerprint density at radius 3 is 2.40 bits per heavy atom. The van der Waals surface area contributed by atoms with Crippen LogP contribution in [0.2, 0.25) is 0 Å². The zero-order valence-corrected chi connectivity index (χ0v) is 15.3. The van der Waals surface area contributed by atoms with Crippen LogP contribution in [0.1, 0.15) is 38.5 Å². The Kier molecular flexibility index (Phi) is 7.92.